The van der Waals surface area contributed by atoms with Crippen molar-refractivity contribution in [2.24, 2.45) is 0 Å². The van der Waals surface area contributed by atoms with Gasteiger partial charge in [-0.1, -0.05) is 0 Å². The van der Waals surface area contributed by atoms with E-state index < -0.39 is 10.0 Å². The molecule has 4 rings (SSSR count). The summed E-state index contributed by atoms with van der Waals surface area (Å²) in [6.07, 6.45) is 0. The van der Waals surface area contributed by atoms with Crippen LogP contribution in [0.3, 0.4) is 0 Å². The van der Waals surface area contributed by atoms with Gasteiger partial charge in [0.2, 0.25) is 15.9 Å². The predicted octanol–water partition coefficient (Wildman–Crippen LogP) is 2.88. The lowest BCUT2D eigenvalue weighted by Gasteiger charge is -2.29. The van der Waals surface area contributed by atoms with E-state index in [1.165, 1.54) is 4.31 Å². The fourth-order valence-electron chi connectivity index (χ4n) is 3.99. The molecule has 0 bridgehead atoms. The largest absolute Gasteiger partial charge is 0.497 e. The quantitative estimate of drug-likeness (QED) is 0.729. The smallest absolute Gasteiger partial charge is 0.244 e. The Morgan fingerprint density at radius 1 is 1.11 bits per heavy atom. The molecule has 1 aromatic carbocycles. The van der Waals surface area contributed by atoms with Gasteiger partial charge in [0, 0.05) is 18.8 Å². The van der Waals surface area contributed by atoms with Gasteiger partial charge in [-0.2, -0.15) is 4.31 Å². The molecule has 3 heterocycles. The van der Waals surface area contributed by atoms with Crippen molar-refractivity contribution in [1.29, 1.82) is 0 Å². The molecule has 28 heavy (non-hydrogen) atoms. The summed E-state index contributed by atoms with van der Waals surface area (Å²) in [5.41, 5.74) is 3.50. The summed E-state index contributed by atoms with van der Waals surface area (Å²) in [6.45, 7) is 6.27. The van der Waals surface area contributed by atoms with Crippen LogP contribution < -0.4 is 4.74 Å². The minimum Gasteiger partial charge on any atom is -0.497 e. The molecule has 0 radical (unpaired) electrons. The van der Waals surface area contributed by atoms with Crippen LogP contribution in [0.1, 0.15) is 22.5 Å². The van der Waals surface area contributed by atoms with Crippen molar-refractivity contribution in [3.8, 4) is 11.6 Å². The van der Waals surface area contributed by atoms with E-state index >= 15 is 0 Å². The van der Waals surface area contributed by atoms with Gasteiger partial charge in [0.1, 0.15) is 5.75 Å². The maximum absolute atomic E-state index is 13.4. The van der Waals surface area contributed by atoms with Crippen LogP contribution in [-0.2, 0) is 23.1 Å². The monoisotopic (exact) mass is 401 g/mol. The van der Waals surface area contributed by atoms with Gasteiger partial charge in [-0.25, -0.2) is 8.42 Å². The molecule has 2 aromatic heterocycles. The van der Waals surface area contributed by atoms with Gasteiger partial charge in [0.25, 0.3) is 0 Å². The molecule has 1 N–H and O–H groups in total. The lowest BCUT2D eigenvalue weighted by atomic mass is 10.1. The summed E-state index contributed by atoms with van der Waals surface area (Å²) in [6, 6.07) is 7.14. The standard InChI is InChI=1S/C20H23N3O4S/c1-12-9-15(27-4)10-13(2)19(12)28(25,26)22-7-8-23-17(11-22)18-16(20(23)24)6-5-14(3)21-18/h5-6,9-10,24H,7-8,11H2,1-4H3. The molecule has 0 amide bonds. The number of hydrogen-bond donors (Lipinski definition) is 1. The van der Waals surface area contributed by atoms with Crippen molar-refractivity contribution in [2.45, 2.75) is 38.8 Å². The molecule has 0 aliphatic carbocycles. The van der Waals surface area contributed by atoms with Crippen molar-refractivity contribution >= 4 is 20.9 Å². The number of fused-ring (bicyclic) bond motifs is 3. The summed E-state index contributed by atoms with van der Waals surface area (Å²) in [4.78, 5) is 4.85. The molecule has 0 saturated heterocycles. The Morgan fingerprint density at radius 3 is 2.43 bits per heavy atom. The van der Waals surface area contributed by atoms with Crippen LogP contribution >= 0.6 is 0 Å². The van der Waals surface area contributed by atoms with Gasteiger partial charge in [0.15, 0.2) is 0 Å². The fourth-order valence-corrected chi connectivity index (χ4v) is 5.79. The minimum absolute atomic E-state index is 0.145. The second kappa shape index (κ2) is 6.49. The number of methoxy groups -OCH3 is 1. The summed E-state index contributed by atoms with van der Waals surface area (Å²) in [5.74, 6) is 0.781. The Morgan fingerprint density at radius 2 is 1.79 bits per heavy atom. The van der Waals surface area contributed by atoms with Crippen molar-refractivity contribution in [3.63, 3.8) is 0 Å². The zero-order chi connectivity index (χ0) is 20.2. The van der Waals surface area contributed by atoms with Gasteiger partial charge < -0.3 is 14.4 Å². The average molecular weight is 401 g/mol. The summed E-state index contributed by atoms with van der Waals surface area (Å²) < 4.78 is 35.4. The molecule has 0 saturated carbocycles. The molecule has 0 atom stereocenters. The van der Waals surface area contributed by atoms with E-state index in [1.54, 1.807) is 37.7 Å². The first kappa shape index (κ1) is 18.8. The van der Waals surface area contributed by atoms with Gasteiger partial charge in [-0.15, -0.1) is 0 Å². The third-order valence-corrected chi connectivity index (χ3v) is 7.45. The number of sulfonamides is 1. The second-order valence-electron chi connectivity index (χ2n) is 7.20. The first-order valence-corrected chi connectivity index (χ1v) is 10.5. The highest BCUT2D eigenvalue weighted by Gasteiger charge is 2.33. The Bertz CT molecular complexity index is 1170. The highest BCUT2D eigenvalue weighted by molar-refractivity contribution is 7.89. The number of aromatic nitrogens is 2. The molecule has 3 aromatic rings. The maximum Gasteiger partial charge on any atom is 0.244 e. The molecule has 148 valence electrons. The second-order valence-corrected chi connectivity index (χ2v) is 9.07. The number of pyridine rings is 1. The molecule has 1 aliphatic heterocycles. The molecule has 0 fully saturated rings. The normalized spacial score (nSPS) is 15.0. The topological polar surface area (TPSA) is 84.7 Å². The van der Waals surface area contributed by atoms with Gasteiger partial charge in [-0.05, 0) is 56.2 Å². The Labute approximate surface area is 164 Å². The maximum atomic E-state index is 13.4. The van der Waals surface area contributed by atoms with Crippen LogP contribution in [0.5, 0.6) is 11.6 Å². The van der Waals surface area contributed by atoms with E-state index in [2.05, 4.69) is 4.98 Å². The molecular formula is C20H23N3O4S. The van der Waals surface area contributed by atoms with Crippen LogP contribution in [0.2, 0.25) is 0 Å². The summed E-state index contributed by atoms with van der Waals surface area (Å²) >= 11 is 0. The number of aromatic hydroxyl groups is 1. The zero-order valence-electron chi connectivity index (χ0n) is 16.4. The fraction of sp³-hybridized carbons (Fsp3) is 0.350. The molecule has 7 nitrogen and oxygen atoms in total. The molecule has 0 spiro atoms. The number of aryl methyl sites for hydroxylation is 3. The molecular weight excluding hydrogens is 378 g/mol. The van der Waals surface area contributed by atoms with Crippen molar-refractivity contribution in [3.05, 3.63) is 46.8 Å². The highest BCUT2D eigenvalue weighted by atomic mass is 32.2. The third-order valence-electron chi connectivity index (χ3n) is 5.30. The summed E-state index contributed by atoms with van der Waals surface area (Å²) in [7, 11) is -2.14. The van der Waals surface area contributed by atoms with Gasteiger partial charge in [0.05, 0.1) is 35.1 Å². The predicted molar refractivity (Wildman–Crippen MR) is 106 cm³/mol. The van der Waals surface area contributed by atoms with E-state index in [-0.39, 0.29) is 19.0 Å². The van der Waals surface area contributed by atoms with Crippen molar-refractivity contribution < 1.29 is 18.3 Å². The van der Waals surface area contributed by atoms with Crippen LogP contribution in [0.25, 0.3) is 10.9 Å². The third kappa shape index (κ3) is 2.75. The Kier molecular flexibility index (Phi) is 4.35. The van der Waals surface area contributed by atoms with Gasteiger partial charge >= 0.3 is 0 Å². The van der Waals surface area contributed by atoms with E-state index in [1.807, 2.05) is 19.1 Å². The average Bonchev–Trinajstić information content (AvgIpc) is 2.92. The number of hydrogen-bond acceptors (Lipinski definition) is 5. The van der Waals surface area contributed by atoms with Crippen LogP contribution in [-0.4, -0.2) is 41.0 Å². The Balaban J connectivity index is 1.80. The number of ether oxygens (including phenoxy) is 1. The SMILES string of the molecule is COc1cc(C)c(S(=O)(=O)N2CCn3c(O)c4ccc(C)nc4c3C2)c(C)c1. The van der Waals surface area contributed by atoms with E-state index in [0.717, 1.165) is 11.4 Å². The lowest BCUT2D eigenvalue weighted by molar-refractivity contribution is 0.317. The van der Waals surface area contributed by atoms with E-state index in [9.17, 15) is 13.5 Å². The van der Waals surface area contributed by atoms with Crippen LogP contribution in [0.15, 0.2) is 29.2 Å². The van der Waals surface area contributed by atoms with Crippen LogP contribution in [0.4, 0.5) is 0 Å². The molecule has 0 unspecified atom stereocenters. The van der Waals surface area contributed by atoms with Crippen LogP contribution in [0, 0.1) is 20.8 Å². The number of nitrogens with zero attached hydrogens (tertiary/aromatic N) is 3. The highest BCUT2D eigenvalue weighted by Crippen LogP contribution is 2.36. The Hall–Kier alpha value is -2.58. The minimum atomic E-state index is -3.71. The number of rotatable bonds is 3. The van der Waals surface area contributed by atoms with Gasteiger partial charge in [-0.3, -0.25) is 4.98 Å². The van der Waals surface area contributed by atoms with E-state index in [4.69, 9.17) is 4.74 Å². The molecule has 1 aliphatic rings. The zero-order valence-corrected chi connectivity index (χ0v) is 17.2. The summed E-state index contributed by atoms with van der Waals surface area (Å²) in [5, 5.41) is 11.2. The number of benzene rings is 1. The lowest BCUT2D eigenvalue weighted by Crippen LogP contribution is -2.38. The van der Waals surface area contributed by atoms with Crippen molar-refractivity contribution in [2.75, 3.05) is 13.7 Å². The first-order valence-electron chi connectivity index (χ1n) is 9.07. The molecule has 8 heteroatoms. The van der Waals surface area contributed by atoms with Crippen molar-refractivity contribution in [1.82, 2.24) is 13.9 Å². The van der Waals surface area contributed by atoms with E-state index in [0.29, 0.717) is 39.2 Å². The first-order chi connectivity index (χ1) is 13.2.